The molecule has 1 aromatic rings. The van der Waals surface area contributed by atoms with Gasteiger partial charge >= 0.3 is 0 Å². The van der Waals surface area contributed by atoms with Crippen LogP contribution in [-0.4, -0.2) is 26.2 Å². The molecule has 102 valence electrons. The van der Waals surface area contributed by atoms with Crippen molar-refractivity contribution in [3.8, 4) is 0 Å². The van der Waals surface area contributed by atoms with Crippen LogP contribution in [0, 0.1) is 0 Å². The number of benzene rings is 1. The fraction of sp³-hybridized carbons (Fsp3) is 0.600. The van der Waals surface area contributed by atoms with Crippen LogP contribution in [0.5, 0.6) is 0 Å². The minimum atomic E-state index is 0.438. The van der Waals surface area contributed by atoms with Crippen LogP contribution >= 0.6 is 0 Å². The van der Waals surface area contributed by atoms with E-state index < -0.39 is 0 Å². The molecule has 0 aliphatic carbocycles. The van der Waals surface area contributed by atoms with Crippen LogP contribution in [-0.2, 0) is 11.3 Å². The van der Waals surface area contributed by atoms with Crippen molar-refractivity contribution in [2.75, 3.05) is 20.2 Å². The molecule has 0 fully saturated rings. The topological polar surface area (TPSA) is 47.3 Å². The van der Waals surface area contributed by atoms with Crippen LogP contribution in [0.1, 0.15) is 37.3 Å². The molecule has 1 atom stereocenters. The summed E-state index contributed by atoms with van der Waals surface area (Å²) in [6, 6.07) is 9.12. The lowest BCUT2D eigenvalue weighted by Gasteiger charge is -2.17. The number of nitrogens with two attached hydrogens (primary N) is 1. The zero-order valence-electron chi connectivity index (χ0n) is 11.8. The summed E-state index contributed by atoms with van der Waals surface area (Å²) < 4.78 is 5.11. The first-order valence-corrected chi connectivity index (χ1v) is 6.68. The van der Waals surface area contributed by atoms with E-state index in [4.69, 9.17) is 10.5 Å². The Hall–Kier alpha value is -0.900. The molecule has 0 saturated heterocycles. The van der Waals surface area contributed by atoms with Gasteiger partial charge in [0.15, 0.2) is 0 Å². The van der Waals surface area contributed by atoms with E-state index in [1.54, 1.807) is 7.11 Å². The molecule has 0 aromatic heterocycles. The molecule has 0 saturated carbocycles. The Bertz CT molecular complexity index is 322. The third-order valence-electron chi connectivity index (χ3n) is 3.09. The Morgan fingerprint density at radius 2 is 1.89 bits per heavy atom. The first-order valence-electron chi connectivity index (χ1n) is 6.68. The van der Waals surface area contributed by atoms with Crippen LogP contribution in [0.25, 0.3) is 0 Å². The summed E-state index contributed by atoms with van der Waals surface area (Å²) in [7, 11) is 1.72. The van der Waals surface area contributed by atoms with Crippen molar-refractivity contribution in [1.82, 2.24) is 5.32 Å². The van der Waals surface area contributed by atoms with Gasteiger partial charge in [0, 0.05) is 13.2 Å². The van der Waals surface area contributed by atoms with Gasteiger partial charge in [-0.1, -0.05) is 38.1 Å². The quantitative estimate of drug-likeness (QED) is 0.744. The number of hydrogen-bond donors (Lipinski definition) is 2. The Labute approximate surface area is 111 Å². The van der Waals surface area contributed by atoms with Crippen molar-refractivity contribution < 1.29 is 4.74 Å². The number of nitrogens with one attached hydrogen (secondary N) is 1. The van der Waals surface area contributed by atoms with Crippen LogP contribution in [0.15, 0.2) is 24.3 Å². The van der Waals surface area contributed by atoms with Crippen molar-refractivity contribution in [3.63, 3.8) is 0 Å². The molecule has 0 aliphatic heterocycles. The summed E-state index contributed by atoms with van der Waals surface area (Å²) in [6.07, 6.45) is 1.08. The van der Waals surface area contributed by atoms with Crippen LogP contribution < -0.4 is 11.1 Å². The predicted octanol–water partition coefficient (Wildman–Crippen LogP) is 2.26. The van der Waals surface area contributed by atoms with Crippen LogP contribution in [0.4, 0.5) is 0 Å². The second-order valence-corrected chi connectivity index (χ2v) is 5.00. The van der Waals surface area contributed by atoms with E-state index in [9.17, 15) is 0 Å². The second kappa shape index (κ2) is 8.25. The minimum absolute atomic E-state index is 0.438. The molecule has 18 heavy (non-hydrogen) atoms. The number of hydrogen-bond acceptors (Lipinski definition) is 3. The standard InChI is InChI=1S/C15H26N2O/c1-12(2)17-9-8-15(10-16)14-6-4-13(5-7-14)11-18-3/h4-7,12,15,17H,8-11,16H2,1-3H3. The molecule has 0 radical (unpaired) electrons. The van der Waals surface area contributed by atoms with Gasteiger partial charge in [-0.15, -0.1) is 0 Å². The van der Waals surface area contributed by atoms with E-state index in [1.165, 1.54) is 11.1 Å². The summed E-state index contributed by atoms with van der Waals surface area (Å²) >= 11 is 0. The van der Waals surface area contributed by atoms with Gasteiger partial charge in [-0.2, -0.15) is 0 Å². The lowest BCUT2D eigenvalue weighted by molar-refractivity contribution is 0.185. The van der Waals surface area contributed by atoms with E-state index in [-0.39, 0.29) is 0 Å². The Morgan fingerprint density at radius 1 is 1.22 bits per heavy atom. The van der Waals surface area contributed by atoms with Gasteiger partial charge in [-0.25, -0.2) is 0 Å². The maximum atomic E-state index is 5.87. The van der Waals surface area contributed by atoms with Crippen molar-refractivity contribution >= 4 is 0 Å². The van der Waals surface area contributed by atoms with Crippen molar-refractivity contribution in [1.29, 1.82) is 0 Å². The number of rotatable bonds is 8. The SMILES string of the molecule is COCc1ccc(C(CN)CCNC(C)C)cc1. The van der Waals surface area contributed by atoms with Gasteiger partial charge in [0.05, 0.1) is 6.61 Å². The van der Waals surface area contributed by atoms with E-state index >= 15 is 0 Å². The summed E-state index contributed by atoms with van der Waals surface area (Å²) in [5.41, 5.74) is 8.39. The number of methoxy groups -OCH3 is 1. The smallest absolute Gasteiger partial charge is 0.0713 e. The van der Waals surface area contributed by atoms with Gasteiger partial charge in [0.2, 0.25) is 0 Å². The van der Waals surface area contributed by atoms with Gasteiger partial charge in [0.25, 0.3) is 0 Å². The van der Waals surface area contributed by atoms with Gasteiger partial charge in [0.1, 0.15) is 0 Å². The third kappa shape index (κ3) is 5.17. The zero-order valence-corrected chi connectivity index (χ0v) is 11.8. The van der Waals surface area contributed by atoms with Crippen molar-refractivity contribution in [2.45, 2.75) is 38.8 Å². The van der Waals surface area contributed by atoms with Gasteiger partial charge in [-0.3, -0.25) is 0 Å². The minimum Gasteiger partial charge on any atom is -0.380 e. The molecule has 0 heterocycles. The van der Waals surface area contributed by atoms with Crippen molar-refractivity contribution in [2.24, 2.45) is 5.73 Å². The molecule has 0 spiro atoms. The first-order chi connectivity index (χ1) is 8.67. The largest absolute Gasteiger partial charge is 0.380 e. The molecule has 0 bridgehead atoms. The lowest BCUT2D eigenvalue weighted by Crippen LogP contribution is -2.26. The summed E-state index contributed by atoms with van der Waals surface area (Å²) in [4.78, 5) is 0. The molecular formula is C15H26N2O. The molecule has 1 unspecified atom stereocenters. The average molecular weight is 250 g/mol. The highest BCUT2D eigenvalue weighted by Gasteiger charge is 2.09. The molecule has 1 aromatic carbocycles. The van der Waals surface area contributed by atoms with E-state index in [2.05, 4.69) is 43.4 Å². The maximum Gasteiger partial charge on any atom is 0.0713 e. The zero-order chi connectivity index (χ0) is 13.4. The fourth-order valence-electron chi connectivity index (χ4n) is 2.02. The maximum absolute atomic E-state index is 5.87. The normalized spacial score (nSPS) is 12.9. The average Bonchev–Trinajstić information content (AvgIpc) is 2.36. The molecule has 3 nitrogen and oxygen atoms in total. The first kappa shape index (κ1) is 15.2. The molecule has 3 N–H and O–H groups in total. The van der Waals surface area contributed by atoms with Gasteiger partial charge in [-0.05, 0) is 36.6 Å². The van der Waals surface area contributed by atoms with Crippen LogP contribution in [0.3, 0.4) is 0 Å². The van der Waals surface area contributed by atoms with E-state index in [0.29, 0.717) is 25.1 Å². The Morgan fingerprint density at radius 3 is 2.39 bits per heavy atom. The molecular weight excluding hydrogens is 224 g/mol. The Kier molecular flexibility index (Phi) is 6.94. The Balaban J connectivity index is 2.53. The van der Waals surface area contributed by atoms with Crippen LogP contribution in [0.2, 0.25) is 0 Å². The highest BCUT2D eigenvalue weighted by atomic mass is 16.5. The van der Waals surface area contributed by atoms with E-state index in [0.717, 1.165) is 13.0 Å². The predicted molar refractivity (Wildman–Crippen MR) is 76.7 cm³/mol. The number of ether oxygens (including phenoxy) is 1. The molecule has 0 aliphatic rings. The summed E-state index contributed by atoms with van der Waals surface area (Å²) in [5.74, 6) is 0.438. The molecule has 0 amide bonds. The second-order valence-electron chi connectivity index (χ2n) is 5.00. The highest BCUT2D eigenvalue weighted by molar-refractivity contribution is 5.25. The summed E-state index contributed by atoms with van der Waals surface area (Å²) in [6.45, 7) is 6.71. The lowest BCUT2D eigenvalue weighted by atomic mass is 9.95. The summed E-state index contributed by atoms with van der Waals surface area (Å²) in [5, 5.41) is 3.44. The molecule has 1 rings (SSSR count). The third-order valence-corrected chi connectivity index (χ3v) is 3.09. The highest BCUT2D eigenvalue weighted by Crippen LogP contribution is 2.19. The van der Waals surface area contributed by atoms with Gasteiger partial charge < -0.3 is 15.8 Å². The monoisotopic (exact) mass is 250 g/mol. The van der Waals surface area contributed by atoms with E-state index in [1.807, 2.05) is 0 Å². The van der Waals surface area contributed by atoms with Crippen molar-refractivity contribution in [3.05, 3.63) is 35.4 Å². The fourth-order valence-corrected chi connectivity index (χ4v) is 2.02. The molecule has 3 heteroatoms.